The first-order valence-electron chi connectivity index (χ1n) is 8.71. The van der Waals surface area contributed by atoms with Crippen molar-refractivity contribution in [2.24, 2.45) is 5.73 Å². The monoisotopic (exact) mass is 339 g/mol. The maximum atomic E-state index is 9.33. The van der Waals surface area contributed by atoms with E-state index in [4.69, 9.17) is 10.3 Å². The average molecular weight is 340 g/mol. The van der Waals surface area contributed by atoms with E-state index in [9.17, 15) is 8.42 Å². The molecule has 0 amide bonds. The molecular formula is C16H37NO4S. The molecule has 0 atom stereocenters. The van der Waals surface area contributed by atoms with Gasteiger partial charge in [0.25, 0.3) is 0 Å². The number of hydrogen-bond donors (Lipinski definition) is 2. The Kier molecular flexibility index (Phi) is 20.7. The van der Waals surface area contributed by atoms with Crippen LogP contribution in [-0.2, 0) is 14.6 Å². The molecule has 0 heterocycles. The molecule has 0 saturated heterocycles. The van der Waals surface area contributed by atoms with Crippen molar-refractivity contribution in [1.82, 2.24) is 0 Å². The molecule has 136 valence electrons. The Morgan fingerprint density at radius 3 is 1.27 bits per heavy atom. The van der Waals surface area contributed by atoms with Gasteiger partial charge in [0.05, 0.1) is 7.11 Å². The first-order chi connectivity index (χ1) is 10.5. The smallest absolute Gasteiger partial charge is 0.330 e. The zero-order valence-corrected chi connectivity index (χ0v) is 15.4. The lowest BCUT2D eigenvalue weighted by atomic mass is 10.0. The highest BCUT2D eigenvalue weighted by molar-refractivity contribution is 7.80. The number of nitrogens with two attached hydrogens (primary N) is 1. The highest BCUT2D eigenvalue weighted by Gasteiger charge is 1.94. The molecule has 0 bridgehead atoms. The Hall–Kier alpha value is -0.170. The van der Waals surface area contributed by atoms with E-state index in [1.165, 1.54) is 83.5 Å². The Bertz CT molecular complexity index is 281. The van der Waals surface area contributed by atoms with E-state index in [0.29, 0.717) is 0 Å². The number of unbranched alkanes of at least 4 members (excludes halogenated alkanes) is 12. The molecule has 3 N–H and O–H groups in total. The van der Waals surface area contributed by atoms with Crippen LogP contribution < -0.4 is 5.73 Å². The van der Waals surface area contributed by atoms with Gasteiger partial charge in [-0.1, -0.05) is 84.0 Å². The maximum absolute atomic E-state index is 9.33. The van der Waals surface area contributed by atoms with Crippen LogP contribution >= 0.6 is 0 Å². The molecule has 0 radical (unpaired) electrons. The number of hydrogen-bond acceptors (Lipinski definition) is 4. The molecule has 0 aromatic heterocycles. The normalized spacial score (nSPS) is 11.1. The standard InChI is InChI=1S/C15H33N.CH4O4S/c1-2-3-4-5-6-7-8-9-10-11-12-13-14-15-16;1-5-6(2,3)4/h2-16H2,1H3;1H3,(H,2,3,4). The van der Waals surface area contributed by atoms with Crippen LogP contribution in [0, 0.1) is 0 Å². The van der Waals surface area contributed by atoms with Crippen molar-refractivity contribution in [1.29, 1.82) is 0 Å². The minimum absolute atomic E-state index is 0.870. The summed E-state index contributed by atoms with van der Waals surface area (Å²) in [5, 5.41) is 0. The summed E-state index contributed by atoms with van der Waals surface area (Å²) in [5.41, 5.74) is 5.46. The van der Waals surface area contributed by atoms with Crippen LogP contribution in [0.2, 0.25) is 0 Å². The van der Waals surface area contributed by atoms with Crippen LogP contribution in [0.25, 0.3) is 0 Å². The number of rotatable bonds is 14. The summed E-state index contributed by atoms with van der Waals surface area (Å²) in [6.45, 7) is 3.16. The largest absolute Gasteiger partial charge is 0.397 e. The van der Waals surface area contributed by atoms with E-state index in [-0.39, 0.29) is 0 Å². The maximum Gasteiger partial charge on any atom is 0.397 e. The van der Waals surface area contributed by atoms with Crippen LogP contribution in [0.3, 0.4) is 0 Å². The Labute approximate surface area is 138 Å². The zero-order chi connectivity index (χ0) is 17.1. The van der Waals surface area contributed by atoms with Crippen molar-refractivity contribution < 1.29 is 17.2 Å². The molecule has 0 fully saturated rings. The van der Waals surface area contributed by atoms with Gasteiger partial charge in [0, 0.05) is 0 Å². The van der Waals surface area contributed by atoms with E-state index in [0.717, 1.165) is 13.7 Å². The van der Waals surface area contributed by atoms with E-state index in [1.54, 1.807) is 0 Å². The fourth-order valence-corrected chi connectivity index (χ4v) is 2.16. The van der Waals surface area contributed by atoms with Crippen LogP contribution in [-0.4, -0.2) is 26.6 Å². The van der Waals surface area contributed by atoms with Gasteiger partial charge in [-0.15, -0.1) is 0 Å². The highest BCUT2D eigenvalue weighted by atomic mass is 32.3. The second-order valence-corrected chi connectivity index (χ2v) is 6.81. The lowest BCUT2D eigenvalue weighted by Crippen LogP contribution is -1.97. The van der Waals surface area contributed by atoms with Gasteiger partial charge in [0.15, 0.2) is 0 Å². The molecule has 0 aliphatic heterocycles. The van der Waals surface area contributed by atoms with E-state index >= 15 is 0 Å². The predicted octanol–water partition coefficient (Wildman–Crippen LogP) is 4.47. The third-order valence-corrected chi connectivity index (χ3v) is 3.94. The summed E-state index contributed by atoms with van der Waals surface area (Å²) < 4.78 is 29.7. The van der Waals surface area contributed by atoms with Crippen molar-refractivity contribution in [3.05, 3.63) is 0 Å². The summed E-state index contributed by atoms with van der Waals surface area (Å²) in [5.74, 6) is 0. The summed E-state index contributed by atoms with van der Waals surface area (Å²) in [7, 11) is -3.29. The molecule has 6 heteroatoms. The molecule has 0 aliphatic rings. The lowest BCUT2D eigenvalue weighted by Gasteiger charge is -2.02. The van der Waals surface area contributed by atoms with Crippen LogP contribution in [0.15, 0.2) is 0 Å². The third kappa shape index (κ3) is 28.1. The van der Waals surface area contributed by atoms with E-state index in [1.807, 2.05) is 0 Å². The van der Waals surface area contributed by atoms with E-state index in [2.05, 4.69) is 11.1 Å². The van der Waals surface area contributed by atoms with Gasteiger partial charge >= 0.3 is 10.4 Å². The molecule has 0 rings (SSSR count). The Morgan fingerprint density at radius 2 is 1.05 bits per heavy atom. The highest BCUT2D eigenvalue weighted by Crippen LogP contribution is 2.12. The van der Waals surface area contributed by atoms with Gasteiger partial charge in [-0.3, -0.25) is 8.74 Å². The summed E-state index contributed by atoms with van der Waals surface area (Å²) in [4.78, 5) is 0. The van der Waals surface area contributed by atoms with Crippen LogP contribution in [0.4, 0.5) is 0 Å². The second kappa shape index (κ2) is 18.9. The topological polar surface area (TPSA) is 89.6 Å². The van der Waals surface area contributed by atoms with E-state index < -0.39 is 10.4 Å². The molecule has 0 spiro atoms. The molecule has 22 heavy (non-hydrogen) atoms. The SMILES string of the molecule is CCCCCCCCCCCCCCCN.COS(=O)(=O)O. The molecule has 0 aliphatic carbocycles. The average Bonchev–Trinajstić information content (AvgIpc) is 2.48. The van der Waals surface area contributed by atoms with Gasteiger partial charge in [-0.05, 0) is 13.0 Å². The van der Waals surface area contributed by atoms with Gasteiger partial charge in [-0.2, -0.15) is 8.42 Å². The Morgan fingerprint density at radius 1 is 0.773 bits per heavy atom. The molecule has 0 aromatic rings. The predicted molar refractivity (Wildman–Crippen MR) is 93.3 cm³/mol. The third-order valence-electron chi connectivity index (χ3n) is 3.52. The molecule has 5 nitrogen and oxygen atoms in total. The quantitative estimate of drug-likeness (QED) is 0.360. The molecule has 0 aromatic carbocycles. The van der Waals surface area contributed by atoms with Crippen molar-refractivity contribution in [2.45, 2.75) is 90.4 Å². The fraction of sp³-hybridized carbons (Fsp3) is 1.00. The fourth-order valence-electron chi connectivity index (χ4n) is 2.16. The summed E-state index contributed by atoms with van der Waals surface area (Å²) in [6, 6.07) is 0. The first-order valence-corrected chi connectivity index (χ1v) is 10.1. The molecular weight excluding hydrogens is 302 g/mol. The molecule has 0 saturated carbocycles. The van der Waals surface area contributed by atoms with Gasteiger partial charge in [-0.25, -0.2) is 0 Å². The van der Waals surface area contributed by atoms with Gasteiger partial charge < -0.3 is 5.73 Å². The van der Waals surface area contributed by atoms with Crippen molar-refractivity contribution in [3.8, 4) is 0 Å². The van der Waals surface area contributed by atoms with Crippen LogP contribution in [0.1, 0.15) is 90.4 Å². The molecule has 0 unspecified atom stereocenters. The van der Waals surface area contributed by atoms with Crippen molar-refractivity contribution >= 4 is 10.4 Å². The van der Waals surface area contributed by atoms with Gasteiger partial charge in [0.1, 0.15) is 0 Å². The summed E-state index contributed by atoms with van der Waals surface area (Å²) >= 11 is 0. The first kappa shape index (κ1) is 24.1. The zero-order valence-electron chi connectivity index (χ0n) is 14.6. The van der Waals surface area contributed by atoms with Crippen LogP contribution in [0.5, 0.6) is 0 Å². The van der Waals surface area contributed by atoms with Crippen molar-refractivity contribution in [2.75, 3.05) is 13.7 Å². The minimum atomic E-state index is -4.16. The second-order valence-electron chi connectivity index (χ2n) is 5.63. The Balaban J connectivity index is 0. The lowest BCUT2D eigenvalue weighted by molar-refractivity contribution is 0.324. The minimum Gasteiger partial charge on any atom is -0.330 e. The van der Waals surface area contributed by atoms with Gasteiger partial charge in [0.2, 0.25) is 0 Å². The summed E-state index contributed by atoms with van der Waals surface area (Å²) in [6.07, 6.45) is 18.4. The van der Waals surface area contributed by atoms with Crippen molar-refractivity contribution in [3.63, 3.8) is 0 Å².